The minimum Gasteiger partial charge on any atom is -0.430 e. The number of carbonyl (C=O) groups excluding carboxylic acids is 1. The molecule has 9 heteroatoms. The van der Waals surface area contributed by atoms with E-state index in [1.165, 1.54) is 6.92 Å². The third-order valence-electron chi connectivity index (χ3n) is 4.77. The largest absolute Gasteiger partial charge is 0.435 e. The van der Waals surface area contributed by atoms with E-state index >= 15 is 0 Å². The van der Waals surface area contributed by atoms with Gasteiger partial charge in [-0.1, -0.05) is 0 Å². The molecular weight excluding hydrogens is 309 g/mol. The second-order valence-electron chi connectivity index (χ2n) is 5.93. The lowest BCUT2D eigenvalue weighted by Gasteiger charge is -2.35. The van der Waals surface area contributed by atoms with E-state index in [0.717, 1.165) is 0 Å². The van der Waals surface area contributed by atoms with Crippen LogP contribution in [0.15, 0.2) is 11.3 Å². The average Bonchev–Trinajstić information content (AvgIpc) is 2.83. The molecule has 2 aliphatic carbocycles. The van der Waals surface area contributed by atoms with Crippen LogP contribution >= 0.6 is 0 Å². The van der Waals surface area contributed by atoms with Gasteiger partial charge in [0.2, 0.25) is 0 Å². The molecule has 0 spiro atoms. The van der Waals surface area contributed by atoms with E-state index in [1.54, 1.807) is 0 Å². The van der Waals surface area contributed by atoms with Crippen molar-refractivity contribution in [2.45, 2.75) is 37.8 Å². The van der Waals surface area contributed by atoms with Crippen molar-refractivity contribution in [2.75, 3.05) is 0 Å². The Morgan fingerprint density at radius 2 is 1.62 bits per heavy atom. The summed E-state index contributed by atoms with van der Waals surface area (Å²) in [6.07, 6.45) is -12.7. The SMILES string of the molecule is C[C@]12C[C@@H]3C[C@H]1C(=C3C(F)(C(F)(F)F)C(F)(F)F)OC2=O. The minimum absolute atomic E-state index is 0.120. The fraction of sp³-hybridized carbons (Fsp3) is 0.750. The van der Waals surface area contributed by atoms with Crippen molar-refractivity contribution in [2.24, 2.45) is 17.3 Å². The molecule has 21 heavy (non-hydrogen) atoms. The van der Waals surface area contributed by atoms with Gasteiger partial charge in [-0.3, -0.25) is 4.79 Å². The minimum atomic E-state index is -6.16. The van der Waals surface area contributed by atoms with E-state index in [9.17, 15) is 35.5 Å². The molecule has 0 radical (unpaired) electrons. The van der Waals surface area contributed by atoms with Crippen molar-refractivity contribution < 1.29 is 40.3 Å². The number of hydrogen-bond acceptors (Lipinski definition) is 2. The van der Waals surface area contributed by atoms with Crippen molar-refractivity contribution in [1.29, 1.82) is 0 Å². The van der Waals surface area contributed by atoms with Gasteiger partial charge in [0.15, 0.2) is 0 Å². The number of rotatable bonds is 1. The van der Waals surface area contributed by atoms with Crippen LogP contribution in [0.5, 0.6) is 0 Å². The number of halogens is 7. The van der Waals surface area contributed by atoms with Crippen molar-refractivity contribution in [3.05, 3.63) is 11.3 Å². The first-order chi connectivity index (χ1) is 9.34. The molecule has 3 rings (SSSR count). The van der Waals surface area contributed by atoms with Crippen LogP contribution in [0, 0.1) is 17.3 Å². The predicted octanol–water partition coefficient (Wildman–Crippen LogP) is 3.68. The summed E-state index contributed by atoms with van der Waals surface area (Å²) in [7, 11) is 0. The van der Waals surface area contributed by atoms with E-state index in [-0.39, 0.29) is 12.8 Å². The first-order valence-corrected chi connectivity index (χ1v) is 6.13. The smallest absolute Gasteiger partial charge is 0.430 e. The highest BCUT2D eigenvalue weighted by Crippen LogP contribution is 2.68. The Morgan fingerprint density at radius 1 is 1.10 bits per heavy atom. The fourth-order valence-electron chi connectivity index (χ4n) is 3.77. The maximum absolute atomic E-state index is 14.2. The second-order valence-corrected chi connectivity index (χ2v) is 5.93. The van der Waals surface area contributed by atoms with Crippen molar-refractivity contribution >= 4 is 5.97 Å². The van der Waals surface area contributed by atoms with Gasteiger partial charge in [-0.25, -0.2) is 4.39 Å². The zero-order valence-electron chi connectivity index (χ0n) is 10.5. The van der Waals surface area contributed by atoms with Crippen LogP contribution in [0.3, 0.4) is 0 Å². The molecule has 3 atom stereocenters. The summed E-state index contributed by atoms with van der Waals surface area (Å²) in [5, 5.41) is 0. The third kappa shape index (κ3) is 1.47. The van der Waals surface area contributed by atoms with Gasteiger partial charge >= 0.3 is 24.0 Å². The molecule has 1 saturated carbocycles. The van der Waals surface area contributed by atoms with Gasteiger partial charge in [-0.05, 0) is 25.7 Å². The number of esters is 1. The molecule has 2 fully saturated rings. The van der Waals surface area contributed by atoms with Gasteiger partial charge in [0.05, 0.1) is 5.41 Å². The van der Waals surface area contributed by atoms with Crippen molar-refractivity contribution in [3.8, 4) is 0 Å². The summed E-state index contributed by atoms with van der Waals surface area (Å²) >= 11 is 0. The zero-order chi connectivity index (χ0) is 16.0. The summed E-state index contributed by atoms with van der Waals surface area (Å²) in [5.74, 6) is -3.83. The maximum Gasteiger partial charge on any atom is 0.435 e. The van der Waals surface area contributed by atoms with Gasteiger partial charge in [0.1, 0.15) is 5.76 Å². The fourth-order valence-corrected chi connectivity index (χ4v) is 3.77. The summed E-state index contributed by atoms with van der Waals surface area (Å²) in [6.45, 7) is 1.42. The summed E-state index contributed by atoms with van der Waals surface area (Å²) in [5.41, 5.74) is -8.07. The van der Waals surface area contributed by atoms with E-state index < -0.39 is 52.6 Å². The van der Waals surface area contributed by atoms with Crippen LogP contribution in [0.2, 0.25) is 0 Å². The van der Waals surface area contributed by atoms with Gasteiger partial charge in [0, 0.05) is 11.5 Å². The Balaban J connectivity index is 2.21. The Labute approximate surface area is 113 Å². The number of hydrogen-bond donors (Lipinski definition) is 0. The van der Waals surface area contributed by atoms with Crippen LogP contribution in [0.25, 0.3) is 0 Å². The Morgan fingerprint density at radius 3 is 2.10 bits per heavy atom. The first kappa shape index (κ1) is 14.6. The number of carbonyl (C=O) groups is 1. The van der Waals surface area contributed by atoms with E-state index in [1.807, 2.05) is 0 Å². The van der Waals surface area contributed by atoms with E-state index in [2.05, 4.69) is 4.74 Å². The molecule has 2 bridgehead atoms. The molecule has 0 N–H and O–H groups in total. The van der Waals surface area contributed by atoms with Crippen LogP contribution < -0.4 is 0 Å². The average molecular weight is 318 g/mol. The van der Waals surface area contributed by atoms with E-state index in [4.69, 9.17) is 0 Å². The maximum atomic E-state index is 14.2. The second kappa shape index (κ2) is 3.55. The lowest BCUT2D eigenvalue weighted by Crippen LogP contribution is -2.56. The number of alkyl halides is 7. The molecule has 3 aliphatic rings. The third-order valence-corrected chi connectivity index (χ3v) is 4.77. The molecule has 0 amide bonds. The molecular formula is C12H9F7O2. The molecule has 2 nitrogen and oxygen atoms in total. The monoisotopic (exact) mass is 318 g/mol. The standard InChI is InChI=1S/C12H9F7O2/c1-9-3-4-2-5(9)7(21-8(9)20)6(4)10(13,11(14,15)16)12(17,18)19/h4-5H,2-3H2,1H3/t4-,5-,9-/m0/s1. The Hall–Kier alpha value is -1.28. The van der Waals surface area contributed by atoms with Crippen LogP contribution in [-0.4, -0.2) is 24.0 Å². The van der Waals surface area contributed by atoms with Gasteiger partial charge in [-0.2, -0.15) is 26.3 Å². The molecule has 0 aromatic heterocycles. The number of ether oxygens (including phenoxy) is 1. The molecule has 1 aliphatic heterocycles. The molecule has 0 aromatic carbocycles. The Kier molecular flexibility index (Phi) is 2.47. The Bertz CT molecular complexity index is 545. The quantitative estimate of drug-likeness (QED) is 0.545. The van der Waals surface area contributed by atoms with Crippen LogP contribution in [0.1, 0.15) is 19.8 Å². The highest BCUT2D eigenvalue weighted by atomic mass is 19.4. The van der Waals surface area contributed by atoms with Crippen LogP contribution in [-0.2, 0) is 9.53 Å². The van der Waals surface area contributed by atoms with Gasteiger partial charge in [0.25, 0.3) is 0 Å². The van der Waals surface area contributed by atoms with Gasteiger partial charge in [-0.15, -0.1) is 0 Å². The summed E-state index contributed by atoms with van der Waals surface area (Å²) in [6, 6.07) is 0. The molecule has 0 aromatic rings. The first-order valence-electron chi connectivity index (χ1n) is 6.13. The van der Waals surface area contributed by atoms with E-state index in [0.29, 0.717) is 0 Å². The number of allylic oxidation sites excluding steroid dienone is 2. The van der Waals surface area contributed by atoms with Crippen LogP contribution in [0.4, 0.5) is 30.7 Å². The molecule has 118 valence electrons. The molecule has 1 saturated heterocycles. The summed E-state index contributed by atoms with van der Waals surface area (Å²) < 4.78 is 95.7. The normalized spacial score (nSPS) is 35.7. The van der Waals surface area contributed by atoms with Crippen molar-refractivity contribution in [3.63, 3.8) is 0 Å². The zero-order valence-corrected chi connectivity index (χ0v) is 10.5. The predicted molar refractivity (Wildman–Crippen MR) is 53.4 cm³/mol. The molecule has 0 unspecified atom stereocenters. The highest BCUT2D eigenvalue weighted by Gasteiger charge is 2.79. The molecule has 1 heterocycles. The lowest BCUT2D eigenvalue weighted by molar-refractivity contribution is -0.328. The van der Waals surface area contributed by atoms with Gasteiger partial charge < -0.3 is 4.74 Å². The topological polar surface area (TPSA) is 26.3 Å². The number of fused-ring (bicyclic) bond motifs is 1. The highest BCUT2D eigenvalue weighted by molar-refractivity contribution is 5.83. The van der Waals surface area contributed by atoms with Crippen molar-refractivity contribution in [1.82, 2.24) is 0 Å². The lowest BCUT2D eigenvalue weighted by atomic mass is 9.74. The summed E-state index contributed by atoms with van der Waals surface area (Å²) in [4.78, 5) is 11.6.